The molecule has 1 atom stereocenters. The van der Waals surface area contributed by atoms with Crippen molar-refractivity contribution in [3.8, 4) is 5.75 Å². The summed E-state index contributed by atoms with van der Waals surface area (Å²) in [5.74, 6) is -1.22. The molecule has 1 N–H and O–H groups in total. The highest BCUT2D eigenvalue weighted by Crippen LogP contribution is 2.35. The van der Waals surface area contributed by atoms with Gasteiger partial charge in [-0.1, -0.05) is 18.2 Å². The van der Waals surface area contributed by atoms with Gasteiger partial charge in [0, 0.05) is 44.6 Å². The molecule has 0 spiro atoms. The highest BCUT2D eigenvalue weighted by Gasteiger charge is 2.39. The molecule has 2 aromatic rings. The van der Waals surface area contributed by atoms with E-state index in [0.717, 1.165) is 5.56 Å². The Hall–Kier alpha value is -2.68. The van der Waals surface area contributed by atoms with Gasteiger partial charge in [0.05, 0.1) is 20.3 Å². The van der Waals surface area contributed by atoms with E-state index in [4.69, 9.17) is 9.47 Å². The summed E-state index contributed by atoms with van der Waals surface area (Å²) in [4.78, 5) is 23.7. The van der Waals surface area contributed by atoms with Crippen molar-refractivity contribution in [2.24, 2.45) is 0 Å². The van der Waals surface area contributed by atoms with Crippen LogP contribution in [0.3, 0.4) is 0 Å². The van der Waals surface area contributed by atoms with Gasteiger partial charge in [-0.2, -0.15) is 4.98 Å². The summed E-state index contributed by atoms with van der Waals surface area (Å²) in [5.41, 5.74) is 0.558. The van der Waals surface area contributed by atoms with Gasteiger partial charge >= 0.3 is 0 Å². The van der Waals surface area contributed by atoms with Crippen LogP contribution in [0.4, 0.5) is 20.5 Å². The molecule has 2 aliphatic rings. The first kappa shape index (κ1) is 21.5. The lowest BCUT2D eigenvalue weighted by atomic mass is 9.98. The molecule has 9 heteroatoms. The number of H-pyrrole nitrogens is 1. The Morgan fingerprint density at radius 3 is 2.81 bits per heavy atom. The molecule has 168 valence electrons. The molecule has 0 saturated carbocycles. The van der Waals surface area contributed by atoms with Crippen LogP contribution in [0, 0.1) is 0 Å². The highest BCUT2D eigenvalue weighted by molar-refractivity contribution is 5.45. The van der Waals surface area contributed by atoms with Crippen molar-refractivity contribution in [2.45, 2.75) is 37.6 Å². The van der Waals surface area contributed by atoms with Crippen molar-refractivity contribution >= 4 is 11.8 Å². The smallest absolute Gasteiger partial charge is 0.254 e. The molecule has 4 rings (SSSR count). The van der Waals surface area contributed by atoms with Crippen molar-refractivity contribution in [3.63, 3.8) is 0 Å². The second-order valence-corrected chi connectivity index (χ2v) is 8.05. The number of anilines is 2. The van der Waals surface area contributed by atoms with E-state index in [1.807, 2.05) is 34.1 Å². The predicted molar refractivity (Wildman–Crippen MR) is 115 cm³/mol. The molecule has 1 aromatic carbocycles. The van der Waals surface area contributed by atoms with Crippen LogP contribution in [0.2, 0.25) is 0 Å². The normalized spacial score (nSPS) is 21.6. The first-order valence-electron chi connectivity index (χ1n) is 10.7. The molecule has 7 nitrogen and oxygen atoms in total. The second kappa shape index (κ2) is 9.21. The number of aromatic amines is 1. The van der Waals surface area contributed by atoms with Crippen LogP contribution < -0.4 is 20.1 Å². The number of para-hydroxylation sites is 1. The molecule has 1 aromatic heterocycles. The van der Waals surface area contributed by atoms with Gasteiger partial charge in [0.1, 0.15) is 11.6 Å². The third-order valence-electron chi connectivity index (χ3n) is 5.89. The van der Waals surface area contributed by atoms with Crippen LogP contribution in [0.1, 0.15) is 24.8 Å². The highest BCUT2D eigenvalue weighted by atomic mass is 19.3. The number of aromatic nitrogens is 2. The van der Waals surface area contributed by atoms with Crippen LogP contribution in [-0.4, -0.2) is 61.9 Å². The molecule has 0 bridgehead atoms. The van der Waals surface area contributed by atoms with Crippen molar-refractivity contribution in [1.29, 1.82) is 0 Å². The van der Waals surface area contributed by atoms with Crippen molar-refractivity contribution < 1.29 is 18.3 Å². The zero-order chi connectivity index (χ0) is 21.8. The fourth-order valence-electron chi connectivity index (χ4n) is 4.36. The molecular weight excluding hydrogens is 406 g/mol. The fourth-order valence-corrected chi connectivity index (χ4v) is 4.36. The van der Waals surface area contributed by atoms with Crippen molar-refractivity contribution in [1.82, 2.24) is 9.97 Å². The van der Waals surface area contributed by atoms with E-state index in [0.29, 0.717) is 63.2 Å². The van der Waals surface area contributed by atoms with Gasteiger partial charge in [-0.05, 0) is 24.5 Å². The monoisotopic (exact) mass is 434 g/mol. The van der Waals surface area contributed by atoms with Crippen LogP contribution in [-0.2, 0) is 11.2 Å². The third kappa shape index (κ3) is 5.15. The summed E-state index contributed by atoms with van der Waals surface area (Å²) >= 11 is 0. The van der Waals surface area contributed by atoms with E-state index < -0.39 is 12.0 Å². The lowest BCUT2D eigenvalue weighted by molar-refractivity contribution is -0.0174. The standard InChI is InChI=1S/C22H28F2N4O3/c1-30-18-6-3-2-5-16(18)13-17-15-22(23,24)7-4-8-28(17)21-25-19(14-20(29)26-21)27-9-11-31-12-10-27/h2-3,5-6,14,17H,4,7-13,15H2,1H3,(H,25,26,29). The number of ether oxygens (including phenoxy) is 2. The molecule has 2 aliphatic heterocycles. The van der Waals surface area contributed by atoms with Crippen molar-refractivity contribution in [2.75, 3.05) is 49.8 Å². The number of benzene rings is 1. The number of hydrogen-bond acceptors (Lipinski definition) is 6. The SMILES string of the molecule is COc1ccccc1CC1CC(F)(F)CCCN1c1nc(N2CCOCC2)cc(=O)[nH]1. The number of morpholine rings is 1. The Labute approximate surface area is 180 Å². The number of halogens is 2. The third-order valence-corrected chi connectivity index (χ3v) is 5.89. The Bertz CT molecular complexity index is 946. The number of rotatable bonds is 5. The molecule has 0 aliphatic carbocycles. The summed E-state index contributed by atoms with van der Waals surface area (Å²) in [7, 11) is 1.57. The van der Waals surface area contributed by atoms with E-state index in [9.17, 15) is 13.6 Å². The van der Waals surface area contributed by atoms with Gasteiger partial charge < -0.3 is 19.3 Å². The summed E-state index contributed by atoms with van der Waals surface area (Å²) < 4.78 is 39.9. The van der Waals surface area contributed by atoms with E-state index in [2.05, 4.69) is 9.97 Å². The number of nitrogens with zero attached hydrogens (tertiary/aromatic N) is 3. The van der Waals surface area contributed by atoms with E-state index in [-0.39, 0.29) is 18.4 Å². The maximum absolute atomic E-state index is 14.6. The summed E-state index contributed by atoms with van der Waals surface area (Å²) in [6, 6.07) is 8.37. The van der Waals surface area contributed by atoms with Gasteiger partial charge in [0.15, 0.2) is 0 Å². The fraction of sp³-hybridized carbons (Fsp3) is 0.545. The molecule has 2 fully saturated rings. The van der Waals surface area contributed by atoms with Gasteiger partial charge in [0.25, 0.3) is 5.56 Å². The number of methoxy groups -OCH3 is 1. The Balaban J connectivity index is 1.68. The minimum Gasteiger partial charge on any atom is -0.496 e. The largest absolute Gasteiger partial charge is 0.496 e. The van der Waals surface area contributed by atoms with Crippen LogP contribution in [0.25, 0.3) is 0 Å². The topological polar surface area (TPSA) is 70.7 Å². The molecule has 0 amide bonds. The minimum atomic E-state index is -2.77. The average molecular weight is 434 g/mol. The molecule has 1 unspecified atom stereocenters. The molecule has 2 saturated heterocycles. The van der Waals surface area contributed by atoms with Crippen LogP contribution in [0.15, 0.2) is 35.1 Å². The minimum absolute atomic E-state index is 0.181. The van der Waals surface area contributed by atoms with Gasteiger partial charge in [-0.25, -0.2) is 8.78 Å². The number of hydrogen-bond donors (Lipinski definition) is 1. The van der Waals surface area contributed by atoms with Crippen LogP contribution >= 0.6 is 0 Å². The zero-order valence-electron chi connectivity index (χ0n) is 17.7. The molecule has 3 heterocycles. The second-order valence-electron chi connectivity index (χ2n) is 8.05. The van der Waals surface area contributed by atoms with Crippen molar-refractivity contribution in [3.05, 3.63) is 46.2 Å². The summed E-state index contributed by atoms with van der Waals surface area (Å²) in [6.07, 6.45) is 0.196. The van der Waals surface area contributed by atoms with Gasteiger partial charge in [-0.3, -0.25) is 9.78 Å². The Morgan fingerprint density at radius 2 is 2.03 bits per heavy atom. The van der Waals surface area contributed by atoms with Gasteiger partial charge in [0.2, 0.25) is 11.9 Å². The van der Waals surface area contributed by atoms with E-state index in [1.54, 1.807) is 7.11 Å². The first-order valence-corrected chi connectivity index (χ1v) is 10.7. The Kier molecular flexibility index (Phi) is 6.41. The molecule has 0 radical (unpaired) electrons. The van der Waals surface area contributed by atoms with Gasteiger partial charge in [-0.15, -0.1) is 0 Å². The maximum atomic E-state index is 14.6. The Morgan fingerprint density at radius 1 is 1.26 bits per heavy atom. The zero-order valence-corrected chi connectivity index (χ0v) is 17.7. The van der Waals surface area contributed by atoms with Crippen LogP contribution in [0.5, 0.6) is 5.75 Å². The summed E-state index contributed by atoms with van der Waals surface area (Å²) in [6.45, 7) is 2.80. The first-order chi connectivity index (χ1) is 14.9. The quantitative estimate of drug-likeness (QED) is 0.781. The summed E-state index contributed by atoms with van der Waals surface area (Å²) in [5, 5.41) is 0. The predicted octanol–water partition coefficient (Wildman–Crippen LogP) is 2.85. The number of alkyl halides is 2. The molecule has 31 heavy (non-hydrogen) atoms. The lowest BCUT2D eigenvalue weighted by Crippen LogP contribution is -2.42. The van der Waals surface area contributed by atoms with E-state index >= 15 is 0 Å². The molecular formula is C22H28F2N4O3. The maximum Gasteiger partial charge on any atom is 0.254 e. The average Bonchev–Trinajstić information content (AvgIpc) is 2.91. The van der Waals surface area contributed by atoms with E-state index in [1.165, 1.54) is 6.07 Å². The number of nitrogens with one attached hydrogen (secondary N) is 1. The lowest BCUT2D eigenvalue weighted by Gasteiger charge is -2.33.